The van der Waals surface area contributed by atoms with Crippen LogP contribution in [0.3, 0.4) is 0 Å². The van der Waals surface area contributed by atoms with Gasteiger partial charge in [-0.15, -0.1) is 0 Å². The zero-order valence-corrected chi connectivity index (χ0v) is 12.1. The fourth-order valence-corrected chi connectivity index (χ4v) is 2.33. The van der Waals surface area contributed by atoms with Crippen molar-refractivity contribution in [3.63, 3.8) is 0 Å². The second kappa shape index (κ2) is 6.02. The smallest absolute Gasteiger partial charge is 0.134 e. The second-order valence-electron chi connectivity index (χ2n) is 5.25. The third-order valence-corrected chi connectivity index (χ3v) is 3.50. The van der Waals surface area contributed by atoms with Gasteiger partial charge in [0.05, 0.1) is 12.6 Å². The minimum Gasteiger partial charge on any atom is -0.494 e. The molecule has 0 fully saturated rings. The fraction of sp³-hybridized carbons (Fsp3) is 0.222. The number of ether oxygens (including phenoxy) is 1. The van der Waals surface area contributed by atoms with Gasteiger partial charge in [0.2, 0.25) is 0 Å². The van der Waals surface area contributed by atoms with E-state index < -0.39 is 0 Å². The summed E-state index contributed by atoms with van der Waals surface area (Å²) in [7, 11) is 0. The minimum atomic E-state index is -0.151. The predicted molar refractivity (Wildman–Crippen MR) is 84.4 cm³/mol. The van der Waals surface area contributed by atoms with Gasteiger partial charge in [-0.05, 0) is 37.3 Å². The number of hydrogen-bond acceptors (Lipinski definition) is 3. The fourth-order valence-electron chi connectivity index (χ4n) is 2.33. The summed E-state index contributed by atoms with van der Waals surface area (Å²) >= 11 is 0. The maximum absolute atomic E-state index is 6.19. The van der Waals surface area contributed by atoms with E-state index in [1.54, 1.807) is 0 Å². The topological polar surface area (TPSA) is 48.4 Å². The van der Waals surface area contributed by atoms with Crippen LogP contribution in [0.1, 0.15) is 23.8 Å². The lowest BCUT2D eigenvalue weighted by atomic mass is 10.1. The van der Waals surface area contributed by atoms with Crippen molar-refractivity contribution in [2.75, 3.05) is 6.61 Å². The molecule has 0 amide bonds. The number of hydrogen-bond donors (Lipinski definition) is 1. The second-order valence-corrected chi connectivity index (χ2v) is 5.25. The Bertz CT molecular complexity index is 718. The van der Waals surface area contributed by atoms with Crippen LogP contribution in [0.2, 0.25) is 0 Å². The van der Waals surface area contributed by atoms with Crippen LogP contribution in [0.25, 0.3) is 11.0 Å². The Labute approximate surface area is 124 Å². The molecule has 0 aliphatic heterocycles. The highest BCUT2D eigenvalue weighted by molar-refractivity contribution is 5.78. The highest BCUT2D eigenvalue weighted by Gasteiger charge is 2.12. The lowest BCUT2D eigenvalue weighted by Gasteiger charge is -2.10. The van der Waals surface area contributed by atoms with Crippen LogP contribution >= 0.6 is 0 Å². The molecule has 1 unspecified atom stereocenters. The normalized spacial score (nSPS) is 12.5. The average molecular weight is 281 g/mol. The van der Waals surface area contributed by atoms with Crippen LogP contribution in [-0.2, 0) is 0 Å². The first-order valence-electron chi connectivity index (χ1n) is 7.16. The Morgan fingerprint density at radius 1 is 1.10 bits per heavy atom. The van der Waals surface area contributed by atoms with Gasteiger partial charge in [-0.3, -0.25) is 0 Å². The first kappa shape index (κ1) is 13.7. The molecule has 0 aliphatic carbocycles. The summed E-state index contributed by atoms with van der Waals surface area (Å²) in [6.07, 6.45) is 0.716. The van der Waals surface area contributed by atoms with Crippen molar-refractivity contribution in [1.29, 1.82) is 0 Å². The van der Waals surface area contributed by atoms with Crippen molar-refractivity contribution in [2.24, 2.45) is 5.73 Å². The first-order chi connectivity index (χ1) is 10.2. The van der Waals surface area contributed by atoms with Gasteiger partial charge in [-0.25, -0.2) is 0 Å². The van der Waals surface area contributed by atoms with Gasteiger partial charge in [0, 0.05) is 11.8 Å². The average Bonchev–Trinajstić information content (AvgIpc) is 2.91. The number of fused-ring (bicyclic) bond motifs is 1. The zero-order chi connectivity index (χ0) is 14.7. The third kappa shape index (κ3) is 3.26. The quantitative estimate of drug-likeness (QED) is 0.762. The first-order valence-corrected chi connectivity index (χ1v) is 7.16. The van der Waals surface area contributed by atoms with E-state index in [4.69, 9.17) is 14.9 Å². The van der Waals surface area contributed by atoms with Crippen LogP contribution in [0, 0.1) is 6.92 Å². The van der Waals surface area contributed by atoms with Gasteiger partial charge in [0.25, 0.3) is 0 Å². The Hall–Kier alpha value is -2.26. The highest BCUT2D eigenvalue weighted by atomic mass is 16.5. The van der Waals surface area contributed by atoms with Crippen molar-refractivity contribution in [1.82, 2.24) is 0 Å². The Kier molecular flexibility index (Phi) is 3.93. The SMILES string of the molecule is Cc1ccc2oc(C(N)CCOc3ccccc3)cc2c1. The van der Waals surface area contributed by atoms with E-state index in [9.17, 15) is 0 Å². The van der Waals surface area contributed by atoms with E-state index in [0.717, 1.165) is 22.5 Å². The maximum Gasteiger partial charge on any atom is 0.134 e. The van der Waals surface area contributed by atoms with Crippen molar-refractivity contribution < 1.29 is 9.15 Å². The molecule has 0 radical (unpaired) electrons. The van der Waals surface area contributed by atoms with Gasteiger partial charge in [0.15, 0.2) is 0 Å². The summed E-state index contributed by atoms with van der Waals surface area (Å²) in [5.74, 6) is 1.68. The van der Waals surface area contributed by atoms with Gasteiger partial charge in [0.1, 0.15) is 17.1 Å². The van der Waals surface area contributed by atoms with Crippen molar-refractivity contribution in [2.45, 2.75) is 19.4 Å². The molecule has 2 N–H and O–H groups in total. The van der Waals surface area contributed by atoms with Crippen molar-refractivity contribution >= 4 is 11.0 Å². The van der Waals surface area contributed by atoms with Crippen molar-refractivity contribution in [3.8, 4) is 5.75 Å². The molecule has 3 rings (SSSR count). The number of para-hydroxylation sites is 1. The van der Waals surface area contributed by atoms with Crippen molar-refractivity contribution in [3.05, 3.63) is 65.9 Å². The molecule has 0 saturated heterocycles. The van der Waals surface area contributed by atoms with Crippen LogP contribution < -0.4 is 10.5 Å². The molecular formula is C18H19NO2. The van der Waals surface area contributed by atoms with E-state index >= 15 is 0 Å². The molecule has 21 heavy (non-hydrogen) atoms. The molecule has 0 aliphatic rings. The molecule has 0 spiro atoms. The Morgan fingerprint density at radius 2 is 1.90 bits per heavy atom. The molecule has 3 nitrogen and oxygen atoms in total. The molecule has 1 atom stereocenters. The molecule has 108 valence electrons. The Morgan fingerprint density at radius 3 is 2.71 bits per heavy atom. The van der Waals surface area contributed by atoms with Gasteiger partial charge < -0.3 is 14.9 Å². The molecule has 3 heteroatoms. The highest BCUT2D eigenvalue weighted by Crippen LogP contribution is 2.25. The van der Waals surface area contributed by atoms with E-state index in [0.29, 0.717) is 13.0 Å². The molecule has 3 aromatic rings. The van der Waals surface area contributed by atoms with E-state index in [1.165, 1.54) is 5.56 Å². The minimum absolute atomic E-state index is 0.151. The van der Waals surface area contributed by atoms with Crippen LogP contribution in [0.15, 0.2) is 59.0 Å². The van der Waals surface area contributed by atoms with Crippen LogP contribution in [0.4, 0.5) is 0 Å². The summed E-state index contributed by atoms with van der Waals surface area (Å²) in [6, 6.07) is 17.8. The number of aryl methyl sites for hydroxylation is 1. The lowest BCUT2D eigenvalue weighted by Crippen LogP contribution is -2.13. The summed E-state index contributed by atoms with van der Waals surface area (Å²) in [5, 5.41) is 1.10. The molecule has 0 saturated carbocycles. The zero-order valence-electron chi connectivity index (χ0n) is 12.1. The predicted octanol–water partition coefficient (Wildman–Crippen LogP) is 4.21. The molecule has 2 aromatic carbocycles. The van der Waals surface area contributed by atoms with Gasteiger partial charge in [-0.1, -0.05) is 29.8 Å². The largest absolute Gasteiger partial charge is 0.494 e. The van der Waals surface area contributed by atoms with E-state index in [-0.39, 0.29) is 6.04 Å². The molecule has 0 bridgehead atoms. The summed E-state index contributed by atoms with van der Waals surface area (Å²) in [6.45, 7) is 2.64. The number of nitrogens with two attached hydrogens (primary N) is 1. The maximum atomic E-state index is 6.19. The van der Waals surface area contributed by atoms with Gasteiger partial charge >= 0.3 is 0 Å². The lowest BCUT2D eigenvalue weighted by molar-refractivity contribution is 0.291. The third-order valence-electron chi connectivity index (χ3n) is 3.50. The van der Waals surface area contributed by atoms with E-state index in [1.807, 2.05) is 48.5 Å². The summed E-state index contributed by atoms with van der Waals surface area (Å²) in [5.41, 5.74) is 8.29. The molecular weight excluding hydrogens is 262 g/mol. The molecule has 1 aromatic heterocycles. The monoisotopic (exact) mass is 281 g/mol. The number of furan rings is 1. The molecule has 1 heterocycles. The number of benzene rings is 2. The van der Waals surface area contributed by atoms with E-state index in [2.05, 4.69) is 13.0 Å². The van der Waals surface area contributed by atoms with Crippen LogP contribution in [-0.4, -0.2) is 6.61 Å². The Balaban J connectivity index is 1.62. The van der Waals surface area contributed by atoms with Crippen LogP contribution in [0.5, 0.6) is 5.75 Å². The van der Waals surface area contributed by atoms with Gasteiger partial charge in [-0.2, -0.15) is 0 Å². The summed E-state index contributed by atoms with van der Waals surface area (Å²) < 4.78 is 11.5. The standard InChI is InChI=1S/C18H19NO2/c1-13-7-8-17-14(11-13)12-18(21-17)16(19)9-10-20-15-5-3-2-4-6-15/h2-8,11-12,16H,9-10,19H2,1H3. The number of rotatable bonds is 5. The summed E-state index contributed by atoms with van der Waals surface area (Å²) in [4.78, 5) is 0.